The second kappa shape index (κ2) is 8.64. The van der Waals surface area contributed by atoms with Gasteiger partial charge in [0, 0.05) is 0 Å². The highest BCUT2D eigenvalue weighted by molar-refractivity contribution is 7.76. The van der Waals surface area contributed by atoms with Gasteiger partial charge in [-0.2, -0.15) is 0 Å². The maximum Gasteiger partial charge on any atom is 0.122 e. The molecule has 2 rings (SSSR count). The van der Waals surface area contributed by atoms with E-state index in [1.807, 2.05) is 0 Å². The van der Waals surface area contributed by atoms with Crippen LogP contribution in [0.15, 0.2) is 71.4 Å². The molecule has 0 heterocycles. The van der Waals surface area contributed by atoms with Crippen molar-refractivity contribution in [1.82, 2.24) is 0 Å². The molecular formula is C21H29OPSi. The van der Waals surface area contributed by atoms with Crippen LogP contribution in [-0.4, -0.2) is 14.7 Å². The molecule has 0 saturated carbocycles. The van der Waals surface area contributed by atoms with Crippen molar-refractivity contribution in [3.63, 3.8) is 0 Å². The lowest BCUT2D eigenvalue weighted by molar-refractivity contribution is 0.248. The van der Waals surface area contributed by atoms with Crippen LogP contribution in [0.25, 0.3) is 0 Å². The topological polar surface area (TPSA) is 9.23 Å². The molecule has 0 bridgehead atoms. The van der Waals surface area contributed by atoms with Crippen LogP contribution in [0.5, 0.6) is 0 Å². The molecule has 0 radical (unpaired) electrons. The van der Waals surface area contributed by atoms with E-state index in [1.165, 1.54) is 21.3 Å². The summed E-state index contributed by atoms with van der Waals surface area (Å²) in [6.45, 7) is 12.3. The van der Waals surface area contributed by atoms with E-state index in [0.717, 1.165) is 13.0 Å². The smallest absolute Gasteiger partial charge is 0.122 e. The highest BCUT2D eigenvalue weighted by Gasteiger charge is 2.29. The van der Waals surface area contributed by atoms with Gasteiger partial charge in [0.15, 0.2) is 0 Å². The molecule has 2 aromatic carbocycles. The van der Waals surface area contributed by atoms with Crippen LogP contribution < -0.4 is 10.6 Å². The largest absolute Gasteiger partial charge is 0.503 e. The maximum absolute atomic E-state index is 6.24. The summed E-state index contributed by atoms with van der Waals surface area (Å²) < 4.78 is 6.24. The van der Waals surface area contributed by atoms with Crippen molar-refractivity contribution in [3.8, 4) is 0 Å². The third-order valence-corrected chi connectivity index (χ3v) is 8.57. The summed E-state index contributed by atoms with van der Waals surface area (Å²) in [7, 11) is -2.09. The van der Waals surface area contributed by atoms with Gasteiger partial charge in [-0.15, -0.1) is 0 Å². The first-order chi connectivity index (χ1) is 11.5. The molecule has 0 unspecified atom stereocenters. The molecule has 0 amide bonds. The third kappa shape index (κ3) is 4.59. The van der Waals surface area contributed by atoms with E-state index in [2.05, 4.69) is 94.2 Å². The molecule has 0 aliphatic heterocycles. The molecule has 0 atom stereocenters. The molecule has 0 spiro atoms. The zero-order valence-corrected chi connectivity index (χ0v) is 17.4. The molecular weight excluding hydrogens is 327 g/mol. The summed E-state index contributed by atoms with van der Waals surface area (Å²) in [5.74, 6) is 0. The van der Waals surface area contributed by atoms with Crippen LogP contribution in [0.3, 0.4) is 0 Å². The summed E-state index contributed by atoms with van der Waals surface area (Å²) >= 11 is 0. The lowest BCUT2D eigenvalue weighted by Gasteiger charge is -2.30. The fourth-order valence-corrected chi connectivity index (χ4v) is 8.32. The highest BCUT2D eigenvalue weighted by atomic mass is 31.1. The lowest BCUT2D eigenvalue weighted by Crippen LogP contribution is -2.29. The summed E-state index contributed by atoms with van der Waals surface area (Å²) in [5, 5.41) is 5.62. The van der Waals surface area contributed by atoms with Gasteiger partial charge in [-0.3, -0.25) is 0 Å². The van der Waals surface area contributed by atoms with Crippen LogP contribution in [0, 0.1) is 0 Å². The number of hydrogen-bond donors (Lipinski definition) is 0. The minimum absolute atomic E-state index is 0.540. The van der Waals surface area contributed by atoms with E-state index in [1.54, 1.807) is 0 Å². The van der Waals surface area contributed by atoms with E-state index >= 15 is 0 Å². The number of hydrogen-bond acceptors (Lipinski definition) is 1. The van der Waals surface area contributed by atoms with E-state index in [-0.39, 0.29) is 0 Å². The van der Waals surface area contributed by atoms with Gasteiger partial charge in [-0.1, -0.05) is 87.2 Å². The van der Waals surface area contributed by atoms with Gasteiger partial charge in [0.25, 0.3) is 0 Å². The second-order valence-electron chi connectivity index (χ2n) is 6.82. The maximum atomic E-state index is 6.24. The lowest BCUT2D eigenvalue weighted by atomic mass is 10.4. The monoisotopic (exact) mass is 356 g/mol. The molecule has 0 fully saturated rings. The van der Waals surface area contributed by atoms with Crippen LogP contribution in [-0.2, 0) is 4.74 Å². The van der Waals surface area contributed by atoms with Crippen LogP contribution in [0.2, 0.25) is 19.6 Å². The standard InChI is InChI=1S/C21H29OPSi/c1-6-20(21(22-7-2)24(3,4)5)23(18-14-10-8-11-15-18)19-16-12-9-13-17-19/h8-17H,6-7H2,1-5H3/b21-20+. The van der Waals surface area contributed by atoms with E-state index < -0.39 is 16.0 Å². The zero-order chi connectivity index (χ0) is 17.6. The Balaban J connectivity index is 2.68. The number of ether oxygens (including phenoxy) is 1. The zero-order valence-electron chi connectivity index (χ0n) is 15.5. The molecule has 2 aromatic rings. The van der Waals surface area contributed by atoms with Gasteiger partial charge < -0.3 is 4.74 Å². The third-order valence-electron chi connectivity index (χ3n) is 3.87. The average molecular weight is 357 g/mol. The van der Waals surface area contributed by atoms with Gasteiger partial charge in [-0.25, -0.2) is 0 Å². The predicted molar refractivity (Wildman–Crippen MR) is 111 cm³/mol. The van der Waals surface area contributed by atoms with E-state index in [9.17, 15) is 0 Å². The van der Waals surface area contributed by atoms with Crippen molar-refractivity contribution < 1.29 is 4.74 Å². The van der Waals surface area contributed by atoms with Crippen molar-refractivity contribution in [2.24, 2.45) is 0 Å². The summed E-state index contributed by atoms with van der Waals surface area (Å²) in [6.07, 6.45) is 1.04. The van der Waals surface area contributed by atoms with Gasteiger partial charge in [-0.05, 0) is 37.2 Å². The molecule has 3 heteroatoms. The Morgan fingerprint density at radius 2 is 1.29 bits per heavy atom. The van der Waals surface area contributed by atoms with E-state index in [4.69, 9.17) is 4.74 Å². The summed E-state index contributed by atoms with van der Waals surface area (Å²) in [5.41, 5.74) is 0. The first-order valence-electron chi connectivity index (χ1n) is 8.75. The van der Waals surface area contributed by atoms with Crippen LogP contribution >= 0.6 is 7.92 Å². The first-order valence-corrected chi connectivity index (χ1v) is 13.6. The van der Waals surface area contributed by atoms with Gasteiger partial charge in [0.05, 0.1) is 12.0 Å². The number of benzene rings is 2. The molecule has 0 aliphatic carbocycles. The van der Waals surface area contributed by atoms with Crippen molar-refractivity contribution in [1.29, 1.82) is 0 Å². The van der Waals surface area contributed by atoms with E-state index in [0.29, 0.717) is 0 Å². The fraction of sp³-hybridized carbons (Fsp3) is 0.333. The Morgan fingerprint density at radius 3 is 1.62 bits per heavy atom. The SMILES string of the molecule is CCO/C(=C(/CC)P(c1ccccc1)c1ccccc1)[Si](C)(C)C. The normalized spacial score (nSPS) is 12.9. The minimum atomic E-state index is -1.55. The molecule has 0 saturated heterocycles. The molecule has 1 nitrogen and oxygen atoms in total. The molecule has 24 heavy (non-hydrogen) atoms. The quantitative estimate of drug-likeness (QED) is 0.354. The predicted octanol–water partition coefficient (Wildman–Crippen LogP) is 5.65. The number of rotatable bonds is 7. The first kappa shape index (κ1) is 19.0. The van der Waals surface area contributed by atoms with Crippen molar-refractivity contribution >= 4 is 26.6 Å². The summed E-state index contributed by atoms with van der Waals surface area (Å²) in [4.78, 5) is 0. The Labute approximate surface area is 149 Å². The number of allylic oxidation sites excluding steroid dienone is 1. The molecule has 0 aromatic heterocycles. The minimum Gasteiger partial charge on any atom is -0.503 e. The van der Waals surface area contributed by atoms with Crippen LogP contribution in [0.4, 0.5) is 0 Å². The molecule has 0 N–H and O–H groups in total. The second-order valence-corrected chi connectivity index (χ2v) is 14.0. The molecule has 0 aliphatic rings. The van der Waals surface area contributed by atoms with Crippen molar-refractivity contribution in [2.45, 2.75) is 39.9 Å². The highest BCUT2D eigenvalue weighted by Crippen LogP contribution is 2.47. The Kier molecular flexibility index (Phi) is 6.83. The van der Waals surface area contributed by atoms with Crippen LogP contribution in [0.1, 0.15) is 20.3 Å². The molecule has 128 valence electrons. The van der Waals surface area contributed by atoms with Crippen molar-refractivity contribution in [2.75, 3.05) is 6.61 Å². The van der Waals surface area contributed by atoms with Gasteiger partial charge >= 0.3 is 0 Å². The Morgan fingerprint density at radius 1 is 0.833 bits per heavy atom. The van der Waals surface area contributed by atoms with Gasteiger partial charge in [0.1, 0.15) is 8.07 Å². The van der Waals surface area contributed by atoms with Gasteiger partial charge in [0.2, 0.25) is 0 Å². The van der Waals surface area contributed by atoms with Crippen molar-refractivity contribution in [3.05, 3.63) is 71.4 Å². The summed E-state index contributed by atoms with van der Waals surface area (Å²) in [6, 6.07) is 21.9. The Bertz CT molecular complexity index is 620. The average Bonchev–Trinajstić information content (AvgIpc) is 2.58. The fourth-order valence-electron chi connectivity index (χ4n) is 2.91. The Hall–Kier alpha value is -1.37.